The second kappa shape index (κ2) is 7.49. The van der Waals surface area contributed by atoms with Gasteiger partial charge in [0, 0.05) is 16.7 Å². The molecule has 134 valence electrons. The number of hydrogen-bond acceptors (Lipinski definition) is 4. The molecule has 1 heterocycles. The van der Waals surface area contributed by atoms with E-state index in [9.17, 15) is 9.59 Å². The van der Waals surface area contributed by atoms with Crippen LogP contribution in [0.5, 0.6) is 11.5 Å². The summed E-state index contributed by atoms with van der Waals surface area (Å²) in [6.07, 6.45) is 1.58. The summed E-state index contributed by atoms with van der Waals surface area (Å²) < 4.78 is 10.5. The van der Waals surface area contributed by atoms with Crippen molar-refractivity contribution in [2.75, 3.05) is 14.2 Å². The Hall–Kier alpha value is -2.99. The van der Waals surface area contributed by atoms with Gasteiger partial charge in [-0.15, -0.1) is 0 Å². The zero-order valence-electron chi connectivity index (χ0n) is 14.3. The first kappa shape index (κ1) is 17.8. The number of halogens is 1. The number of hydrogen-bond donors (Lipinski definition) is 1. The van der Waals surface area contributed by atoms with E-state index in [4.69, 9.17) is 21.1 Å². The summed E-state index contributed by atoms with van der Waals surface area (Å²) in [7, 11) is 3.08. The average molecular weight is 373 g/mol. The van der Waals surface area contributed by atoms with Crippen molar-refractivity contribution in [2.24, 2.45) is 0 Å². The Morgan fingerprint density at radius 3 is 2.46 bits per heavy atom. The topological polar surface area (TPSA) is 67.9 Å². The molecular weight excluding hydrogens is 356 g/mol. The average Bonchev–Trinajstić information content (AvgIpc) is 2.91. The quantitative estimate of drug-likeness (QED) is 0.644. The maximum absolute atomic E-state index is 12.6. The number of carbonyl (C=O) groups is 2. The van der Waals surface area contributed by atoms with E-state index >= 15 is 0 Å². The third-order valence-electron chi connectivity index (χ3n) is 3.96. The molecule has 6 nitrogen and oxygen atoms in total. The van der Waals surface area contributed by atoms with Gasteiger partial charge in [-0.2, -0.15) is 0 Å². The van der Waals surface area contributed by atoms with Gasteiger partial charge in [-0.1, -0.05) is 23.7 Å². The number of ether oxygens (including phenoxy) is 2. The maximum Gasteiger partial charge on any atom is 0.329 e. The first-order valence-electron chi connectivity index (χ1n) is 7.83. The molecule has 3 rings (SSSR count). The van der Waals surface area contributed by atoms with E-state index in [1.807, 2.05) is 0 Å². The van der Waals surface area contributed by atoms with E-state index in [1.165, 1.54) is 7.11 Å². The van der Waals surface area contributed by atoms with Gasteiger partial charge < -0.3 is 14.8 Å². The van der Waals surface area contributed by atoms with E-state index in [0.717, 1.165) is 10.5 Å². The fraction of sp³-hybridized carbons (Fsp3) is 0.158. The van der Waals surface area contributed by atoms with Gasteiger partial charge in [-0.3, -0.25) is 9.69 Å². The van der Waals surface area contributed by atoms with E-state index in [-0.39, 0.29) is 12.2 Å². The molecular formula is C19H17ClN2O4. The predicted octanol–water partition coefficient (Wildman–Crippen LogP) is 3.45. The SMILES string of the molecule is COc1ccc(/C=C2\NC(=O)N(Cc3ccc(Cl)cc3)C2=O)c(OC)c1. The number of urea groups is 1. The van der Waals surface area contributed by atoms with Crippen LogP contribution in [0.2, 0.25) is 5.02 Å². The summed E-state index contributed by atoms with van der Waals surface area (Å²) in [5.41, 5.74) is 1.65. The summed E-state index contributed by atoms with van der Waals surface area (Å²) >= 11 is 5.86. The molecule has 0 spiro atoms. The van der Waals surface area contributed by atoms with Crippen molar-refractivity contribution in [3.63, 3.8) is 0 Å². The standard InChI is InChI=1S/C19H17ClN2O4/c1-25-15-8-5-13(17(10-15)26-2)9-16-18(23)22(19(24)21-16)11-12-3-6-14(20)7-4-12/h3-10H,11H2,1-2H3,(H,21,24)/b16-9-. The minimum Gasteiger partial charge on any atom is -0.497 e. The van der Waals surface area contributed by atoms with Crippen LogP contribution in [0, 0.1) is 0 Å². The molecule has 1 aliphatic rings. The molecule has 0 unspecified atom stereocenters. The van der Waals surface area contributed by atoms with Gasteiger partial charge in [0.25, 0.3) is 5.91 Å². The zero-order chi connectivity index (χ0) is 18.7. The lowest BCUT2D eigenvalue weighted by molar-refractivity contribution is -0.123. The molecule has 2 aromatic rings. The van der Waals surface area contributed by atoms with Crippen LogP contribution in [0.25, 0.3) is 6.08 Å². The minimum atomic E-state index is -0.469. The lowest BCUT2D eigenvalue weighted by Crippen LogP contribution is -2.30. The van der Waals surface area contributed by atoms with Gasteiger partial charge in [-0.05, 0) is 35.9 Å². The van der Waals surface area contributed by atoms with Crippen LogP contribution in [0.1, 0.15) is 11.1 Å². The van der Waals surface area contributed by atoms with Gasteiger partial charge in [0.05, 0.1) is 20.8 Å². The number of amides is 3. The molecule has 1 aliphatic heterocycles. The smallest absolute Gasteiger partial charge is 0.329 e. The Morgan fingerprint density at radius 2 is 1.81 bits per heavy atom. The van der Waals surface area contributed by atoms with Crippen molar-refractivity contribution < 1.29 is 19.1 Å². The Labute approximate surface area is 156 Å². The molecule has 26 heavy (non-hydrogen) atoms. The van der Waals surface area contributed by atoms with Crippen molar-refractivity contribution >= 4 is 29.6 Å². The molecule has 0 aliphatic carbocycles. The Balaban J connectivity index is 1.84. The third kappa shape index (κ3) is 3.65. The Kier molecular flexibility index (Phi) is 5.14. The van der Waals surface area contributed by atoms with Gasteiger partial charge in [0.1, 0.15) is 17.2 Å². The highest BCUT2D eigenvalue weighted by molar-refractivity contribution is 6.30. The van der Waals surface area contributed by atoms with Crippen LogP contribution in [-0.4, -0.2) is 31.1 Å². The van der Waals surface area contributed by atoms with Crippen LogP contribution in [0.15, 0.2) is 48.2 Å². The predicted molar refractivity (Wildman–Crippen MR) is 98.1 cm³/mol. The van der Waals surface area contributed by atoms with Crippen LogP contribution < -0.4 is 14.8 Å². The lowest BCUT2D eigenvalue weighted by atomic mass is 10.1. The van der Waals surface area contributed by atoms with Crippen molar-refractivity contribution in [3.05, 3.63) is 64.3 Å². The molecule has 0 radical (unpaired) electrons. The molecule has 0 atom stereocenters. The number of imide groups is 1. The maximum atomic E-state index is 12.6. The van der Waals surface area contributed by atoms with E-state index in [2.05, 4.69) is 5.32 Å². The van der Waals surface area contributed by atoms with Crippen LogP contribution in [0.4, 0.5) is 4.79 Å². The van der Waals surface area contributed by atoms with Crippen LogP contribution in [-0.2, 0) is 11.3 Å². The highest BCUT2D eigenvalue weighted by Gasteiger charge is 2.33. The number of rotatable bonds is 5. The number of methoxy groups -OCH3 is 2. The molecule has 3 amide bonds. The summed E-state index contributed by atoms with van der Waals surface area (Å²) in [6, 6.07) is 11.7. The highest BCUT2D eigenvalue weighted by atomic mass is 35.5. The minimum absolute atomic E-state index is 0.166. The molecule has 0 aromatic heterocycles. The molecule has 0 saturated carbocycles. The first-order chi connectivity index (χ1) is 12.5. The summed E-state index contributed by atoms with van der Waals surface area (Å²) in [5.74, 6) is 0.771. The van der Waals surface area contributed by atoms with E-state index in [1.54, 1.807) is 55.7 Å². The Bertz CT molecular complexity index is 878. The van der Waals surface area contributed by atoms with E-state index < -0.39 is 11.9 Å². The first-order valence-corrected chi connectivity index (χ1v) is 8.20. The van der Waals surface area contributed by atoms with Gasteiger partial charge in [0.2, 0.25) is 0 Å². The number of nitrogens with zero attached hydrogens (tertiary/aromatic N) is 1. The second-order valence-electron chi connectivity index (χ2n) is 5.61. The third-order valence-corrected chi connectivity index (χ3v) is 4.21. The fourth-order valence-electron chi connectivity index (χ4n) is 2.58. The second-order valence-corrected chi connectivity index (χ2v) is 6.05. The van der Waals surface area contributed by atoms with Crippen LogP contribution in [0.3, 0.4) is 0 Å². The molecule has 2 aromatic carbocycles. The van der Waals surface area contributed by atoms with Gasteiger partial charge >= 0.3 is 6.03 Å². The number of carbonyl (C=O) groups excluding carboxylic acids is 2. The van der Waals surface area contributed by atoms with Crippen LogP contribution >= 0.6 is 11.6 Å². The lowest BCUT2D eigenvalue weighted by Gasteiger charge is -2.11. The van der Waals surface area contributed by atoms with Crippen molar-refractivity contribution in [1.29, 1.82) is 0 Å². The largest absolute Gasteiger partial charge is 0.497 e. The summed E-state index contributed by atoms with van der Waals surface area (Å²) in [5, 5.41) is 3.19. The normalized spacial score (nSPS) is 15.3. The summed E-state index contributed by atoms with van der Waals surface area (Å²) in [4.78, 5) is 25.9. The number of benzene rings is 2. The van der Waals surface area contributed by atoms with Gasteiger partial charge in [0.15, 0.2) is 0 Å². The van der Waals surface area contributed by atoms with E-state index in [0.29, 0.717) is 22.1 Å². The van der Waals surface area contributed by atoms with Crippen molar-refractivity contribution in [1.82, 2.24) is 10.2 Å². The van der Waals surface area contributed by atoms with Crippen molar-refractivity contribution in [3.8, 4) is 11.5 Å². The number of nitrogens with one attached hydrogen (secondary N) is 1. The molecule has 1 fully saturated rings. The van der Waals surface area contributed by atoms with Gasteiger partial charge in [-0.25, -0.2) is 4.79 Å². The molecule has 7 heteroatoms. The highest BCUT2D eigenvalue weighted by Crippen LogP contribution is 2.27. The zero-order valence-corrected chi connectivity index (χ0v) is 15.0. The fourth-order valence-corrected chi connectivity index (χ4v) is 2.71. The molecule has 0 bridgehead atoms. The summed E-state index contributed by atoms with van der Waals surface area (Å²) in [6.45, 7) is 0.166. The molecule has 1 saturated heterocycles. The van der Waals surface area contributed by atoms with Crippen molar-refractivity contribution in [2.45, 2.75) is 6.54 Å². The monoisotopic (exact) mass is 372 g/mol. The molecule has 1 N–H and O–H groups in total. The Morgan fingerprint density at radius 1 is 1.08 bits per heavy atom.